The van der Waals surface area contributed by atoms with Crippen molar-refractivity contribution in [2.45, 2.75) is 84.0 Å². The molecule has 0 unspecified atom stereocenters. The molecule has 4 aromatic carbocycles. The first-order valence-electron chi connectivity index (χ1n) is 15.5. The Morgan fingerprint density at radius 1 is 0.400 bits per heavy atom. The van der Waals surface area contributed by atoms with Gasteiger partial charge in [-0.25, -0.2) is 0 Å². The van der Waals surface area contributed by atoms with Gasteiger partial charge < -0.3 is 5.11 Å². The molecule has 0 aliphatic carbocycles. The van der Waals surface area contributed by atoms with Crippen molar-refractivity contribution < 1.29 is 5.11 Å². The first-order valence-corrected chi connectivity index (χ1v) is 17.5. The predicted octanol–water partition coefficient (Wildman–Crippen LogP) is 9.44. The lowest BCUT2D eigenvalue weighted by molar-refractivity contribution is -0.268. The molecule has 40 heavy (non-hydrogen) atoms. The molecular weight excluding hydrogens is 503 g/mol. The van der Waals surface area contributed by atoms with E-state index >= 15 is 0 Å². The summed E-state index contributed by atoms with van der Waals surface area (Å²) in [6.07, 6.45) is 18.1. The number of benzene rings is 4. The Morgan fingerprint density at radius 2 is 0.700 bits per heavy atom. The van der Waals surface area contributed by atoms with E-state index in [-0.39, 0.29) is 5.75 Å². The molecule has 0 aliphatic heterocycles. The lowest BCUT2D eigenvalue weighted by atomic mass is 10.1. The molecule has 0 radical (unpaired) electrons. The quantitative estimate of drug-likeness (QED) is 0.100. The van der Waals surface area contributed by atoms with Crippen LogP contribution in [0.25, 0.3) is 0 Å². The second-order valence-electron chi connectivity index (χ2n) is 10.7. The Kier molecular flexibility index (Phi) is 15.2. The van der Waals surface area contributed by atoms with E-state index in [0.29, 0.717) is 0 Å². The van der Waals surface area contributed by atoms with Crippen molar-refractivity contribution in [3.8, 4) is 5.75 Å². The van der Waals surface area contributed by atoms with Crippen LogP contribution < -0.4 is 21.0 Å². The van der Waals surface area contributed by atoms with E-state index in [1.807, 2.05) is 6.07 Å². The minimum Gasteiger partial charge on any atom is -0.872 e. The van der Waals surface area contributed by atoms with Crippen LogP contribution in [0, 0.1) is 0 Å². The van der Waals surface area contributed by atoms with Crippen molar-refractivity contribution in [3.63, 3.8) is 0 Å². The number of rotatable bonds is 16. The molecule has 0 saturated carbocycles. The Morgan fingerprint density at radius 3 is 1.00 bits per heavy atom. The lowest BCUT2D eigenvalue weighted by Gasteiger charge is -2.27. The van der Waals surface area contributed by atoms with Gasteiger partial charge in [-0.15, -0.1) is 5.75 Å². The number of unbranched alkanes of at least 4 members (excludes halogenated alkanes) is 11. The van der Waals surface area contributed by atoms with Gasteiger partial charge in [0.25, 0.3) is 0 Å². The Hall–Kier alpha value is -2.89. The van der Waals surface area contributed by atoms with Crippen molar-refractivity contribution in [3.05, 3.63) is 121 Å². The second-order valence-corrected chi connectivity index (χ2v) is 14.4. The Labute approximate surface area is 245 Å². The van der Waals surface area contributed by atoms with Crippen LogP contribution in [0.1, 0.15) is 84.0 Å². The highest BCUT2D eigenvalue weighted by Crippen LogP contribution is 2.56. The Bertz CT molecular complexity index is 1030. The fourth-order valence-electron chi connectivity index (χ4n) is 5.49. The highest BCUT2D eigenvalue weighted by atomic mass is 31.2. The molecule has 0 amide bonds. The minimum absolute atomic E-state index is 0.0718. The highest BCUT2D eigenvalue weighted by Gasteiger charge is 2.44. The molecular formula is C38H49OP. The fourth-order valence-corrected chi connectivity index (χ4v) is 9.90. The molecule has 0 atom stereocenters. The molecule has 0 fully saturated rings. The van der Waals surface area contributed by atoms with Crippen molar-refractivity contribution >= 4 is 23.2 Å². The van der Waals surface area contributed by atoms with Gasteiger partial charge in [-0.2, -0.15) is 0 Å². The van der Waals surface area contributed by atoms with Crippen molar-refractivity contribution in [2.75, 3.05) is 6.16 Å². The van der Waals surface area contributed by atoms with Crippen LogP contribution in [0.3, 0.4) is 0 Å². The molecule has 1 nitrogen and oxygen atoms in total. The Balaban J connectivity index is 0.000000547. The first-order chi connectivity index (χ1) is 19.8. The summed E-state index contributed by atoms with van der Waals surface area (Å²) in [4.78, 5) is 0. The number of hydrogen-bond donors (Lipinski definition) is 0. The summed E-state index contributed by atoms with van der Waals surface area (Å²) in [6.45, 7) is 2.30. The third kappa shape index (κ3) is 10.6. The molecule has 212 valence electrons. The number of para-hydroxylation sites is 1. The number of hydrogen-bond acceptors (Lipinski definition) is 1. The summed E-state index contributed by atoms with van der Waals surface area (Å²) in [5, 5.41) is 14.8. The predicted molar refractivity (Wildman–Crippen MR) is 177 cm³/mol. The third-order valence-corrected chi connectivity index (χ3v) is 12.2. The van der Waals surface area contributed by atoms with E-state index in [4.69, 9.17) is 0 Å². The molecule has 2 heteroatoms. The lowest BCUT2D eigenvalue weighted by Crippen LogP contribution is -2.33. The van der Waals surface area contributed by atoms with Gasteiger partial charge >= 0.3 is 0 Å². The van der Waals surface area contributed by atoms with E-state index in [1.165, 1.54) is 111 Å². The van der Waals surface area contributed by atoms with Crippen LogP contribution in [0.5, 0.6) is 5.75 Å². The highest BCUT2D eigenvalue weighted by molar-refractivity contribution is 7.95. The van der Waals surface area contributed by atoms with Gasteiger partial charge in [0.2, 0.25) is 0 Å². The van der Waals surface area contributed by atoms with Gasteiger partial charge in [0.05, 0.1) is 6.16 Å². The zero-order valence-electron chi connectivity index (χ0n) is 24.6. The van der Waals surface area contributed by atoms with Gasteiger partial charge in [-0.3, -0.25) is 0 Å². The van der Waals surface area contributed by atoms with Crippen molar-refractivity contribution in [1.82, 2.24) is 0 Å². The summed E-state index contributed by atoms with van der Waals surface area (Å²) < 4.78 is 0. The molecule has 0 spiro atoms. The van der Waals surface area contributed by atoms with Crippen LogP contribution in [0.2, 0.25) is 0 Å². The van der Waals surface area contributed by atoms with Crippen LogP contribution >= 0.6 is 7.26 Å². The summed E-state index contributed by atoms with van der Waals surface area (Å²) in [5.74, 6) is 0.0718. The van der Waals surface area contributed by atoms with E-state index in [1.54, 1.807) is 12.1 Å². The average molecular weight is 553 g/mol. The second kappa shape index (κ2) is 19.2. The third-order valence-electron chi connectivity index (χ3n) is 7.68. The maximum atomic E-state index is 10.3. The molecule has 4 rings (SSSR count). The molecule has 0 aliphatic rings. The van der Waals surface area contributed by atoms with Crippen molar-refractivity contribution in [1.29, 1.82) is 0 Å². The normalized spacial score (nSPS) is 11.0. The molecule has 4 aromatic rings. The molecule has 0 bridgehead atoms. The van der Waals surface area contributed by atoms with Crippen LogP contribution in [-0.2, 0) is 0 Å². The van der Waals surface area contributed by atoms with Crippen LogP contribution in [0.15, 0.2) is 121 Å². The van der Waals surface area contributed by atoms with Crippen LogP contribution in [-0.4, -0.2) is 6.16 Å². The van der Waals surface area contributed by atoms with Crippen LogP contribution in [0.4, 0.5) is 0 Å². The standard InChI is InChI=1S/C32H44P.C6H6O/c1-2-3-4-5-6-7-8-9-10-11-12-22-29-33(30-23-16-13-17-24-30,31-25-18-14-19-26-31)32-27-20-15-21-28-32;7-6-4-2-1-3-5-6/h13-21,23-28H,2-12,22,29H2,1H3;1-5,7H/q+1;/p-1. The van der Waals surface area contributed by atoms with Crippen molar-refractivity contribution in [2.24, 2.45) is 0 Å². The largest absolute Gasteiger partial charge is 0.872 e. The summed E-state index contributed by atoms with van der Waals surface area (Å²) in [6, 6.07) is 42.3. The summed E-state index contributed by atoms with van der Waals surface area (Å²) >= 11 is 0. The van der Waals surface area contributed by atoms with E-state index < -0.39 is 7.26 Å². The van der Waals surface area contributed by atoms with Gasteiger partial charge in [0.1, 0.15) is 23.2 Å². The maximum absolute atomic E-state index is 10.3. The van der Waals surface area contributed by atoms with Gasteiger partial charge in [0, 0.05) is 0 Å². The smallest absolute Gasteiger partial charge is 0.112 e. The maximum Gasteiger partial charge on any atom is 0.112 e. The zero-order chi connectivity index (χ0) is 28.1. The summed E-state index contributed by atoms with van der Waals surface area (Å²) in [5.41, 5.74) is 0. The monoisotopic (exact) mass is 552 g/mol. The van der Waals surface area contributed by atoms with E-state index in [9.17, 15) is 5.11 Å². The first kappa shape index (κ1) is 31.6. The summed E-state index contributed by atoms with van der Waals surface area (Å²) in [7, 11) is -1.63. The molecule has 0 saturated heterocycles. The van der Waals surface area contributed by atoms with Gasteiger partial charge in [-0.1, -0.05) is 156 Å². The van der Waals surface area contributed by atoms with Gasteiger partial charge in [0.15, 0.2) is 0 Å². The average Bonchev–Trinajstić information content (AvgIpc) is 3.02. The minimum atomic E-state index is -1.63. The molecule has 0 aromatic heterocycles. The van der Waals surface area contributed by atoms with Gasteiger partial charge in [-0.05, 0) is 49.2 Å². The van der Waals surface area contributed by atoms with E-state index in [2.05, 4.69) is 97.9 Å². The molecule has 0 heterocycles. The topological polar surface area (TPSA) is 23.1 Å². The zero-order valence-corrected chi connectivity index (χ0v) is 25.5. The SMILES string of the molecule is CCCCCCCCCCCCCC[P+](c1ccccc1)(c1ccccc1)c1ccccc1.[O-]c1ccccc1. The fraction of sp³-hybridized carbons (Fsp3) is 0.368. The van der Waals surface area contributed by atoms with E-state index in [0.717, 1.165) is 0 Å². The molecule has 0 N–H and O–H groups in total.